The van der Waals surface area contributed by atoms with E-state index in [0.717, 1.165) is 34.2 Å². The van der Waals surface area contributed by atoms with E-state index in [4.69, 9.17) is 9.62 Å². The Morgan fingerprint density at radius 2 is 1.51 bits per heavy atom. The van der Waals surface area contributed by atoms with Gasteiger partial charge in [0.05, 0.1) is 6.61 Å². The average molecular weight is 498 g/mol. The van der Waals surface area contributed by atoms with Gasteiger partial charge in [0.25, 0.3) is 5.56 Å². The largest absolute Gasteiger partial charge is 0.493 e. The van der Waals surface area contributed by atoms with Gasteiger partial charge in [-0.3, -0.25) is 14.6 Å². The predicted octanol–water partition coefficient (Wildman–Crippen LogP) is 5.99. The predicted molar refractivity (Wildman–Crippen MR) is 143 cm³/mol. The van der Waals surface area contributed by atoms with Crippen molar-refractivity contribution in [1.29, 1.82) is 0 Å². The van der Waals surface area contributed by atoms with Crippen LogP contribution in [0.15, 0.2) is 95.9 Å². The minimum absolute atomic E-state index is 0.0154. The Balaban J connectivity index is 1.46. The molecule has 4 rings (SSSR count). The number of H-pyrrole nitrogens is 1. The van der Waals surface area contributed by atoms with Gasteiger partial charge >= 0.3 is 5.97 Å². The second-order valence-corrected chi connectivity index (χ2v) is 8.82. The van der Waals surface area contributed by atoms with Gasteiger partial charge in [0.1, 0.15) is 5.75 Å². The minimum Gasteiger partial charge on any atom is -0.493 e. The van der Waals surface area contributed by atoms with Crippen LogP contribution < -0.4 is 15.2 Å². The lowest BCUT2D eigenvalue weighted by atomic mass is 9.85. The molecule has 6 nitrogen and oxygen atoms in total. The molecule has 0 fully saturated rings. The fourth-order valence-electron chi connectivity index (χ4n) is 4.30. The Morgan fingerprint density at radius 1 is 0.865 bits per heavy atom. The molecule has 0 radical (unpaired) electrons. The van der Waals surface area contributed by atoms with Crippen molar-refractivity contribution in [3.8, 4) is 11.5 Å². The summed E-state index contributed by atoms with van der Waals surface area (Å²) in [6.45, 7) is 3.72. The Morgan fingerprint density at radius 3 is 2.14 bits per heavy atom. The van der Waals surface area contributed by atoms with E-state index in [9.17, 15) is 9.59 Å². The number of pyridine rings is 1. The van der Waals surface area contributed by atoms with Crippen LogP contribution in [0, 0.1) is 0 Å². The average Bonchev–Trinajstić information content (AvgIpc) is 2.92. The molecule has 0 saturated heterocycles. The van der Waals surface area contributed by atoms with Gasteiger partial charge in [0.15, 0.2) is 5.75 Å². The quantitative estimate of drug-likeness (QED) is 0.157. The zero-order chi connectivity index (χ0) is 26.0. The van der Waals surface area contributed by atoms with Crippen LogP contribution >= 0.6 is 0 Å². The number of benzene rings is 3. The van der Waals surface area contributed by atoms with Crippen molar-refractivity contribution >= 4 is 5.97 Å². The van der Waals surface area contributed by atoms with Crippen LogP contribution in [0.25, 0.3) is 0 Å². The van der Waals surface area contributed by atoms with E-state index in [1.54, 1.807) is 12.1 Å². The lowest BCUT2D eigenvalue weighted by molar-refractivity contribution is -0.210. The van der Waals surface area contributed by atoms with Gasteiger partial charge in [-0.25, -0.2) is 4.79 Å². The molecular weight excluding hydrogens is 466 g/mol. The van der Waals surface area contributed by atoms with Gasteiger partial charge in [-0.1, -0.05) is 67.6 Å². The normalized spacial score (nSPS) is 10.8. The second kappa shape index (κ2) is 12.6. The summed E-state index contributed by atoms with van der Waals surface area (Å²) < 4.78 is 5.94. The first-order valence-electron chi connectivity index (χ1n) is 12.5. The molecule has 190 valence electrons. The highest BCUT2D eigenvalue weighted by Gasteiger charge is 2.18. The summed E-state index contributed by atoms with van der Waals surface area (Å²) in [5.74, 6) is 0.513. The lowest BCUT2D eigenvalue weighted by Gasteiger charge is -2.19. The maximum Gasteiger partial charge on any atom is 0.352 e. The molecular formula is C31H31NO5. The van der Waals surface area contributed by atoms with E-state index < -0.39 is 5.97 Å². The number of ether oxygens (including phenoxy) is 1. The number of aromatic nitrogens is 1. The molecule has 0 atom stereocenters. The number of aryl methyl sites for hydroxylation is 2. The van der Waals surface area contributed by atoms with Crippen molar-refractivity contribution in [2.75, 3.05) is 6.61 Å². The lowest BCUT2D eigenvalue weighted by Crippen LogP contribution is -2.16. The fourth-order valence-corrected chi connectivity index (χ4v) is 4.30. The molecule has 0 amide bonds. The summed E-state index contributed by atoms with van der Waals surface area (Å²) in [5, 5.41) is 0. The summed E-state index contributed by atoms with van der Waals surface area (Å²) in [6, 6.07) is 28.0. The van der Waals surface area contributed by atoms with Crippen LogP contribution in [0.3, 0.4) is 0 Å². The van der Waals surface area contributed by atoms with E-state index in [-0.39, 0.29) is 11.5 Å². The van der Waals surface area contributed by atoms with Gasteiger partial charge in [-0.15, -0.1) is 0 Å². The van der Waals surface area contributed by atoms with Crippen LogP contribution in [-0.2, 0) is 22.5 Å². The molecule has 37 heavy (non-hydrogen) atoms. The highest BCUT2D eigenvalue weighted by molar-refractivity contribution is 5.65. The summed E-state index contributed by atoms with van der Waals surface area (Å²) in [7, 11) is 0. The van der Waals surface area contributed by atoms with Gasteiger partial charge < -0.3 is 9.72 Å². The van der Waals surface area contributed by atoms with Crippen molar-refractivity contribution in [2.45, 2.75) is 39.0 Å². The number of rotatable bonds is 11. The molecule has 0 unspecified atom stereocenters. The van der Waals surface area contributed by atoms with Gasteiger partial charge in [0.2, 0.25) is 0 Å². The molecule has 0 saturated carbocycles. The smallest absolute Gasteiger partial charge is 0.352 e. The van der Waals surface area contributed by atoms with Crippen molar-refractivity contribution in [3.05, 3.63) is 129 Å². The highest BCUT2D eigenvalue weighted by Crippen LogP contribution is 2.31. The zero-order valence-corrected chi connectivity index (χ0v) is 21.1. The van der Waals surface area contributed by atoms with E-state index in [1.807, 2.05) is 61.7 Å². The van der Waals surface area contributed by atoms with Crippen LogP contribution in [-0.4, -0.2) is 17.6 Å². The molecule has 3 aromatic carbocycles. The molecule has 1 heterocycles. The molecule has 0 aliphatic rings. The molecule has 1 N–H and O–H groups in total. The molecule has 0 bridgehead atoms. The van der Waals surface area contributed by atoms with Crippen molar-refractivity contribution < 1.29 is 19.3 Å². The van der Waals surface area contributed by atoms with Gasteiger partial charge in [-0.2, -0.15) is 0 Å². The molecule has 1 aromatic heterocycles. The second-order valence-electron chi connectivity index (χ2n) is 8.82. The third-order valence-electron chi connectivity index (χ3n) is 6.06. The molecule has 6 heteroatoms. The SMILES string of the molecule is CCc1cc(OCCCc2cc(C(c3ccccc3)c3ccccc3)c[nH]c2=O)cc(OOC(C)=O)c1. The standard InChI is InChI=1S/C31H31NO5/c1-3-23-17-28(20-29(18-23)37-36-22(2)33)35-16-10-15-26-19-27(21-32-31(26)34)30(24-11-6-4-7-12-24)25-13-8-5-9-14-25/h4-9,11-14,17-21,30H,3,10,15-16H2,1-2H3,(H,32,34). The minimum atomic E-state index is -0.529. The molecule has 0 aliphatic heterocycles. The van der Waals surface area contributed by atoms with Crippen LogP contribution in [0.1, 0.15) is 54.0 Å². The summed E-state index contributed by atoms with van der Waals surface area (Å²) >= 11 is 0. The number of aromatic amines is 1. The van der Waals surface area contributed by atoms with Crippen LogP contribution in [0.2, 0.25) is 0 Å². The Kier molecular flexibility index (Phi) is 8.76. The number of carbonyl (C=O) groups excluding carboxylic acids is 1. The first-order valence-corrected chi connectivity index (χ1v) is 12.5. The van der Waals surface area contributed by atoms with Crippen LogP contribution in [0.5, 0.6) is 11.5 Å². The molecule has 0 aliphatic carbocycles. The third kappa shape index (κ3) is 7.10. The Labute approximate surface area is 216 Å². The summed E-state index contributed by atoms with van der Waals surface area (Å²) in [4.78, 5) is 36.3. The van der Waals surface area contributed by atoms with Crippen molar-refractivity contribution in [1.82, 2.24) is 4.98 Å². The van der Waals surface area contributed by atoms with Gasteiger partial charge in [0, 0.05) is 30.7 Å². The Hall–Kier alpha value is -4.32. The number of carbonyl (C=O) groups is 1. The first kappa shape index (κ1) is 25.8. The van der Waals surface area contributed by atoms with E-state index in [0.29, 0.717) is 30.9 Å². The summed E-state index contributed by atoms with van der Waals surface area (Å²) in [5.41, 5.74) is 5.00. The van der Waals surface area contributed by atoms with E-state index >= 15 is 0 Å². The topological polar surface area (TPSA) is 77.6 Å². The monoisotopic (exact) mass is 497 g/mol. The third-order valence-corrected chi connectivity index (χ3v) is 6.06. The highest BCUT2D eigenvalue weighted by atomic mass is 17.2. The van der Waals surface area contributed by atoms with Crippen molar-refractivity contribution in [3.63, 3.8) is 0 Å². The fraction of sp³-hybridized carbons (Fsp3) is 0.226. The van der Waals surface area contributed by atoms with Crippen LogP contribution in [0.4, 0.5) is 0 Å². The number of nitrogens with one attached hydrogen (secondary N) is 1. The van der Waals surface area contributed by atoms with E-state index in [2.05, 4.69) is 34.1 Å². The number of hydrogen-bond donors (Lipinski definition) is 1. The zero-order valence-electron chi connectivity index (χ0n) is 21.1. The Bertz CT molecular complexity index is 1330. The molecule has 0 spiro atoms. The maximum absolute atomic E-state index is 12.6. The first-order chi connectivity index (χ1) is 18.0. The van der Waals surface area contributed by atoms with Gasteiger partial charge in [-0.05, 0) is 59.7 Å². The molecule has 4 aromatic rings. The van der Waals surface area contributed by atoms with Crippen molar-refractivity contribution in [2.24, 2.45) is 0 Å². The summed E-state index contributed by atoms with van der Waals surface area (Å²) in [6.07, 6.45) is 3.82. The van der Waals surface area contributed by atoms with E-state index in [1.165, 1.54) is 6.92 Å². The maximum atomic E-state index is 12.6. The number of hydrogen-bond acceptors (Lipinski definition) is 5.